The summed E-state index contributed by atoms with van der Waals surface area (Å²) in [5, 5.41) is 1.26. The molecule has 2 aromatic carbocycles. The van der Waals surface area contributed by atoms with Crippen LogP contribution in [0, 0.1) is 5.92 Å². The molecule has 166 valence electrons. The molecule has 0 aliphatic carbocycles. The lowest BCUT2D eigenvalue weighted by Gasteiger charge is -2.25. The summed E-state index contributed by atoms with van der Waals surface area (Å²) < 4.78 is 11.2. The molecule has 2 aromatic rings. The summed E-state index contributed by atoms with van der Waals surface area (Å²) in [5.41, 5.74) is 1.40. The van der Waals surface area contributed by atoms with Crippen LogP contribution in [0.3, 0.4) is 0 Å². The summed E-state index contributed by atoms with van der Waals surface area (Å²) in [4.78, 5) is 34.4. The van der Waals surface area contributed by atoms with Crippen molar-refractivity contribution in [3.63, 3.8) is 0 Å². The smallest absolute Gasteiger partial charge is 0.238 e. The fourth-order valence-electron chi connectivity index (χ4n) is 4.01. The third-order valence-electron chi connectivity index (χ3n) is 5.59. The first kappa shape index (κ1) is 21.2. The van der Waals surface area contributed by atoms with E-state index in [2.05, 4.69) is 4.99 Å². The van der Waals surface area contributed by atoms with Crippen LogP contribution in [0.4, 0.5) is 11.4 Å². The van der Waals surface area contributed by atoms with Gasteiger partial charge in [0, 0.05) is 35.5 Å². The standard InChI is InChI=1S/C23H22ClN3O4S/c1-14-13-32-23(25-14)27(17-4-2-16(24)3-5-17)22(29)15-10-21(28)26(12-15)18-6-7-19-20(11-18)31-9-8-30-19/h2-7,11,14-15H,8-10,12-13H2,1H3/t14-,15+/m1/s1. The van der Waals surface area contributed by atoms with E-state index >= 15 is 0 Å². The Labute approximate surface area is 195 Å². The highest BCUT2D eigenvalue weighted by molar-refractivity contribution is 8.14. The van der Waals surface area contributed by atoms with E-state index in [1.807, 2.05) is 25.1 Å². The lowest BCUT2D eigenvalue weighted by molar-refractivity contribution is -0.123. The van der Waals surface area contributed by atoms with Gasteiger partial charge in [0.2, 0.25) is 11.8 Å². The second-order valence-corrected chi connectivity index (χ2v) is 9.38. The van der Waals surface area contributed by atoms with E-state index in [9.17, 15) is 9.59 Å². The lowest BCUT2D eigenvalue weighted by atomic mass is 10.1. The molecule has 0 spiro atoms. The van der Waals surface area contributed by atoms with Crippen molar-refractivity contribution < 1.29 is 19.1 Å². The third kappa shape index (κ3) is 4.04. The van der Waals surface area contributed by atoms with Crippen molar-refractivity contribution in [2.45, 2.75) is 19.4 Å². The zero-order valence-electron chi connectivity index (χ0n) is 17.5. The fraction of sp³-hybridized carbons (Fsp3) is 0.348. The topological polar surface area (TPSA) is 71.4 Å². The van der Waals surface area contributed by atoms with Crippen molar-refractivity contribution in [1.29, 1.82) is 0 Å². The van der Waals surface area contributed by atoms with Crippen molar-refractivity contribution in [1.82, 2.24) is 0 Å². The Morgan fingerprint density at radius 1 is 1.16 bits per heavy atom. The maximum atomic E-state index is 13.7. The highest BCUT2D eigenvalue weighted by atomic mass is 35.5. The maximum Gasteiger partial charge on any atom is 0.238 e. The number of aliphatic imine (C=N–C) groups is 1. The molecule has 1 saturated heterocycles. The van der Waals surface area contributed by atoms with Gasteiger partial charge in [-0.1, -0.05) is 23.4 Å². The molecule has 0 N–H and O–H groups in total. The summed E-state index contributed by atoms with van der Waals surface area (Å²) in [6, 6.07) is 12.7. The zero-order chi connectivity index (χ0) is 22.2. The molecular formula is C23H22ClN3O4S. The Morgan fingerprint density at radius 3 is 2.62 bits per heavy atom. The Morgan fingerprint density at radius 2 is 1.91 bits per heavy atom. The van der Waals surface area contributed by atoms with Crippen LogP contribution in [0.15, 0.2) is 47.5 Å². The molecular weight excluding hydrogens is 450 g/mol. The molecule has 5 rings (SSSR count). The van der Waals surface area contributed by atoms with Crippen LogP contribution in [0.1, 0.15) is 13.3 Å². The summed E-state index contributed by atoms with van der Waals surface area (Å²) in [7, 11) is 0. The quantitative estimate of drug-likeness (QED) is 0.677. The van der Waals surface area contributed by atoms with E-state index in [4.69, 9.17) is 21.1 Å². The van der Waals surface area contributed by atoms with Gasteiger partial charge in [0.15, 0.2) is 16.7 Å². The van der Waals surface area contributed by atoms with Crippen LogP contribution < -0.4 is 19.3 Å². The predicted octanol–water partition coefficient (Wildman–Crippen LogP) is 3.99. The first-order valence-electron chi connectivity index (χ1n) is 10.5. The number of carbonyl (C=O) groups excluding carboxylic acids is 2. The molecule has 0 radical (unpaired) electrons. The highest BCUT2D eigenvalue weighted by Gasteiger charge is 2.40. The van der Waals surface area contributed by atoms with Crippen LogP contribution >= 0.6 is 23.4 Å². The molecule has 32 heavy (non-hydrogen) atoms. The van der Waals surface area contributed by atoms with E-state index in [-0.39, 0.29) is 24.3 Å². The number of nitrogens with zero attached hydrogens (tertiary/aromatic N) is 3. The number of thioether (sulfide) groups is 1. The van der Waals surface area contributed by atoms with Crippen molar-refractivity contribution >= 4 is 51.7 Å². The van der Waals surface area contributed by atoms with Gasteiger partial charge in [0.1, 0.15) is 13.2 Å². The Balaban J connectivity index is 1.40. The van der Waals surface area contributed by atoms with Gasteiger partial charge in [-0.25, -0.2) is 0 Å². The van der Waals surface area contributed by atoms with E-state index in [0.717, 1.165) is 5.75 Å². The minimum atomic E-state index is -0.481. The molecule has 3 aliphatic rings. The number of carbonyl (C=O) groups is 2. The lowest BCUT2D eigenvalue weighted by Crippen LogP contribution is -2.40. The van der Waals surface area contributed by atoms with Crippen molar-refractivity contribution in [2.24, 2.45) is 10.9 Å². The third-order valence-corrected chi connectivity index (χ3v) is 7.04. The number of hydrogen-bond acceptors (Lipinski definition) is 6. The molecule has 0 saturated carbocycles. The Hall–Kier alpha value is -2.71. The first-order chi connectivity index (χ1) is 15.5. The molecule has 9 heteroatoms. The SMILES string of the molecule is C[C@@H]1CSC(N(C(=O)[C@H]2CC(=O)N(c3ccc4c(c3)OCCO4)C2)c2ccc(Cl)cc2)=N1. The maximum absolute atomic E-state index is 13.7. The van der Waals surface area contributed by atoms with Gasteiger partial charge < -0.3 is 14.4 Å². The predicted molar refractivity (Wildman–Crippen MR) is 126 cm³/mol. The molecule has 1 fully saturated rings. The van der Waals surface area contributed by atoms with E-state index in [1.165, 1.54) is 0 Å². The Kier molecular flexibility index (Phi) is 5.73. The minimum Gasteiger partial charge on any atom is -0.486 e. The second-order valence-electron chi connectivity index (χ2n) is 7.96. The normalized spacial score (nSPS) is 22.1. The number of ether oxygens (including phenoxy) is 2. The number of amidine groups is 1. The minimum absolute atomic E-state index is 0.0922. The molecule has 2 amide bonds. The van der Waals surface area contributed by atoms with Crippen LogP contribution in [0.2, 0.25) is 5.02 Å². The number of anilines is 2. The van der Waals surface area contributed by atoms with Crippen LogP contribution in [0.5, 0.6) is 11.5 Å². The van der Waals surface area contributed by atoms with Gasteiger partial charge in [-0.3, -0.25) is 19.5 Å². The van der Waals surface area contributed by atoms with Gasteiger partial charge in [-0.15, -0.1) is 0 Å². The number of halogens is 1. The summed E-state index contributed by atoms with van der Waals surface area (Å²) in [5.74, 6) is 1.39. The van der Waals surface area contributed by atoms with Crippen molar-refractivity contribution in [3.8, 4) is 11.5 Å². The van der Waals surface area contributed by atoms with Crippen LogP contribution in [0.25, 0.3) is 0 Å². The highest BCUT2D eigenvalue weighted by Crippen LogP contribution is 2.37. The Bertz CT molecular complexity index is 1090. The monoisotopic (exact) mass is 471 g/mol. The molecule has 3 heterocycles. The van der Waals surface area contributed by atoms with E-state index in [0.29, 0.717) is 52.8 Å². The molecule has 3 aliphatic heterocycles. The number of amides is 2. The summed E-state index contributed by atoms with van der Waals surface area (Å²) >= 11 is 7.60. The number of rotatable bonds is 3. The fourth-order valence-corrected chi connectivity index (χ4v) is 5.18. The molecule has 0 aromatic heterocycles. The van der Waals surface area contributed by atoms with Gasteiger partial charge in [-0.2, -0.15) is 0 Å². The zero-order valence-corrected chi connectivity index (χ0v) is 19.1. The van der Waals surface area contributed by atoms with Gasteiger partial charge >= 0.3 is 0 Å². The number of benzene rings is 2. The second kappa shape index (κ2) is 8.67. The average Bonchev–Trinajstić information content (AvgIpc) is 3.40. The van der Waals surface area contributed by atoms with E-state index < -0.39 is 5.92 Å². The molecule has 0 bridgehead atoms. The van der Waals surface area contributed by atoms with Crippen LogP contribution in [-0.4, -0.2) is 48.5 Å². The first-order valence-corrected chi connectivity index (χ1v) is 11.9. The van der Waals surface area contributed by atoms with Gasteiger partial charge in [0.25, 0.3) is 0 Å². The summed E-state index contributed by atoms with van der Waals surface area (Å²) in [6.45, 7) is 3.30. The number of fused-ring (bicyclic) bond motifs is 1. The molecule has 7 nitrogen and oxygen atoms in total. The van der Waals surface area contributed by atoms with Crippen molar-refractivity contribution in [2.75, 3.05) is 35.3 Å². The van der Waals surface area contributed by atoms with Gasteiger partial charge in [0.05, 0.1) is 17.6 Å². The van der Waals surface area contributed by atoms with Crippen molar-refractivity contribution in [3.05, 3.63) is 47.5 Å². The summed E-state index contributed by atoms with van der Waals surface area (Å²) in [6.07, 6.45) is 0.144. The molecule has 0 unspecified atom stereocenters. The van der Waals surface area contributed by atoms with E-state index in [1.54, 1.807) is 45.8 Å². The van der Waals surface area contributed by atoms with Crippen LogP contribution in [-0.2, 0) is 9.59 Å². The number of hydrogen-bond donors (Lipinski definition) is 0. The van der Waals surface area contributed by atoms with Gasteiger partial charge in [-0.05, 0) is 43.3 Å². The average molecular weight is 472 g/mol. The molecule has 2 atom stereocenters. The largest absolute Gasteiger partial charge is 0.486 e.